The summed E-state index contributed by atoms with van der Waals surface area (Å²) in [5.41, 5.74) is 1.71. The molecule has 0 bridgehead atoms. The Bertz CT molecular complexity index is 1140. The topological polar surface area (TPSA) is 96.5 Å². The second-order valence-corrected chi connectivity index (χ2v) is 9.28. The number of nitrogens with zero attached hydrogens (tertiary/aromatic N) is 3. The van der Waals surface area contributed by atoms with E-state index in [9.17, 15) is 14.7 Å². The monoisotopic (exact) mass is 423 g/mol. The summed E-state index contributed by atoms with van der Waals surface area (Å²) in [7, 11) is 0. The lowest BCUT2D eigenvalue weighted by molar-refractivity contribution is -0.117. The molecular weight excluding hydrogens is 402 g/mol. The number of amides is 1. The smallest absolute Gasteiger partial charge is 0.296 e. The van der Waals surface area contributed by atoms with Crippen molar-refractivity contribution in [3.05, 3.63) is 75.9 Å². The molecule has 30 heavy (non-hydrogen) atoms. The van der Waals surface area contributed by atoms with Gasteiger partial charge < -0.3 is 9.52 Å². The zero-order valence-corrected chi connectivity index (χ0v) is 17.9. The van der Waals surface area contributed by atoms with E-state index in [1.807, 2.05) is 24.3 Å². The third-order valence-corrected chi connectivity index (χ3v) is 5.85. The molecule has 8 heteroatoms. The van der Waals surface area contributed by atoms with Crippen LogP contribution < -0.4 is 4.90 Å². The van der Waals surface area contributed by atoms with Crippen molar-refractivity contribution in [2.45, 2.75) is 39.2 Å². The molecular formula is C22H21N3O4S. The summed E-state index contributed by atoms with van der Waals surface area (Å²) < 4.78 is 5.23. The number of carbonyl (C=O) groups excluding carboxylic acids is 2. The minimum Gasteiger partial charge on any atom is -0.503 e. The van der Waals surface area contributed by atoms with E-state index in [1.165, 1.54) is 28.6 Å². The molecule has 0 saturated carbocycles. The average Bonchev–Trinajstić information content (AvgIpc) is 3.42. The average molecular weight is 423 g/mol. The van der Waals surface area contributed by atoms with Crippen LogP contribution in [-0.2, 0) is 10.2 Å². The predicted octanol–water partition coefficient (Wildman–Crippen LogP) is 4.52. The number of benzene rings is 1. The highest BCUT2D eigenvalue weighted by Gasteiger charge is 2.46. The van der Waals surface area contributed by atoms with Gasteiger partial charge >= 0.3 is 0 Å². The van der Waals surface area contributed by atoms with Gasteiger partial charge in [0.1, 0.15) is 5.01 Å². The third kappa shape index (κ3) is 3.33. The molecule has 1 aliphatic heterocycles. The highest BCUT2D eigenvalue weighted by atomic mass is 32.1. The number of anilines is 1. The molecule has 0 unspecified atom stereocenters. The minimum atomic E-state index is -0.837. The number of hydrogen-bond donors (Lipinski definition) is 1. The van der Waals surface area contributed by atoms with E-state index in [0.29, 0.717) is 15.7 Å². The maximum absolute atomic E-state index is 13.1. The Kier molecular flexibility index (Phi) is 4.82. The molecule has 154 valence electrons. The number of hydrogen-bond acceptors (Lipinski definition) is 7. The van der Waals surface area contributed by atoms with Crippen LogP contribution in [0.15, 0.2) is 58.4 Å². The van der Waals surface area contributed by atoms with Crippen molar-refractivity contribution in [1.29, 1.82) is 0 Å². The molecule has 3 aromatic rings. The number of ketones is 1. The van der Waals surface area contributed by atoms with Crippen molar-refractivity contribution in [1.82, 2.24) is 10.2 Å². The quantitative estimate of drug-likeness (QED) is 0.620. The lowest BCUT2D eigenvalue weighted by Crippen LogP contribution is -2.31. The van der Waals surface area contributed by atoms with Gasteiger partial charge in [-0.1, -0.05) is 56.4 Å². The molecule has 0 aliphatic carbocycles. The molecule has 1 N–H and O–H groups in total. The van der Waals surface area contributed by atoms with Crippen LogP contribution in [-0.4, -0.2) is 27.0 Å². The molecule has 0 spiro atoms. The Balaban J connectivity index is 1.85. The van der Waals surface area contributed by atoms with Gasteiger partial charge in [0.05, 0.1) is 17.9 Å². The van der Waals surface area contributed by atoms with Gasteiger partial charge in [-0.15, -0.1) is 10.2 Å². The van der Waals surface area contributed by atoms with Crippen LogP contribution in [0.4, 0.5) is 5.13 Å². The van der Waals surface area contributed by atoms with Crippen molar-refractivity contribution in [3.8, 4) is 0 Å². The van der Waals surface area contributed by atoms with Gasteiger partial charge in [0.2, 0.25) is 10.9 Å². The molecule has 0 fully saturated rings. The largest absolute Gasteiger partial charge is 0.503 e. The highest BCUT2D eigenvalue weighted by molar-refractivity contribution is 7.15. The molecule has 0 saturated heterocycles. The number of furan rings is 1. The first-order chi connectivity index (χ1) is 14.2. The molecule has 1 aromatic carbocycles. The van der Waals surface area contributed by atoms with E-state index in [2.05, 4.69) is 31.0 Å². The fourth-order valence-electron chi connectivity index (χ4n) is 3.44. The lowest BCUT2D eigenvalue weighted by atomic mass is 9.85. The summed E-state index contributed by atoms with van der Waals surface area (Å²) in [6.45, 7) is 8.09. The van der Waals surface area contributed by atoms with Crippen molar-refractivity contribution in [2.75, 3.05) is 4.90 Å². The molecule has 1 atom stereocenters. The fourth-order valence-corrected chi connectivity index (χ4v) is 4.15. The van der Waals surface area contributed by atoms with Gasteiger partial charge in [0.15, 0.2) is 11.5 Å². The SMILES string of the molecule is Cc1nnc(N2C(=O)C(O)=C(C(=O)c3ccco3)[C@H]2c2ccc(C(C)(C)C)cc2)s1. The molecule has 7 nitrogen and oxygen atoms in total. The molecule has 1 amide bonds. The molecule has 4 rings (SSSR count). The second kappa shape index (κ2) is 7.21. The van der Waals surface area contributed by atoms with E-state index in [0.717, 1.165) is 5.56 Å². The summed E-state index contributed by atoms with van der Waals surface area (Å²) >= 11 is 1.22. The van der Waals surface area contributed by atoms with E-state index in [4.69, 9.17) is 4.42 Å². The maximum atomic E-state index is 13.1. The van der Waals surface area contributed by atoms with Crippen LogP contribution in [0.2, 0.25) is 0 Å². The lowest BCUT2D eigenvalue weighted by Gasteiger charge is -2.25. The second-order valence-electron chi connectivity index (χ2n) is 8.12. The molecule has 0 radical (unpaired) electrons. The summed E-state index contributed by atoms with van der Waals surface area (Å²) in [4.78, 5) is 27.4. The number of aromatic nitrogens is 2. The van der Waals surface area contributed by atoms with Crippen LogP contribution in [0.3, 0.4) is 0 Å². The Morgan fingerprint density at radius 2 is 1.87 bits per heavy atom. The van der Waals surface area contributed by atoms with E-state index in [-0.39, 0.29) is 16.7 Å². The number of aliphatic hydroxyl groups is 1. The first kappa shape index (κ1) is 20.0. The summed E-state index contributed by atoms with van der Waals surface area (Å²) in [5, 5.41) is 19.7. The zero-order valence-electron chi connectivity index (χ0n) is 17.0. The predicted molar refractivity (Wildman–Crippen MR) is 113 cm³/mol. The first-order valence-electron chi connectivity index (χ1n) is 9.44. The Morgan fingerprint density at radius 1 is 1.17 bits per heavy atom. The summed E-state index contributed by atoms with van der Waals surface area (Å²) in [5.74, 6) is -1.78. The Morgan fingerprint density at radius 3 is 2.40 bits per heavy atom. The normalized spacial score (nSPS) is 17.1. The van der Waals surface area contributed by atoms with Gasteiger partial charge in [0, 0.05) is 0 Å². The van der Waals surface area contributed by atoms with Gasteiger partial charge in [-0.25, -0.2) is 0 Å². The first-order valence-corrected chi connectivity index (χ1v) is 10.3. The van der Waals surface area contributed by atoms with Gasteiger partial charge in [-0.3, -0.25) is 14.5 Å². The minimum absolute atomic E-state index is 0.0358. The number of aliphatic hydroxyl groups excluding tert-OH is 1. The van der Waals surface area contributed by atoms with Crippen LogP contribution in [0.1, 0.15) is 53.5 Å². The summed E-state index contributed by atoms with van der Waals surface area (Å²) in [6.07, 6.45) is 1.38. The van der Waals surface area contributed by atoms with Crippen molar-refractivity contribution < 1.29 is 19.1 Å². The number of Topliss-reactive ketones (excluding diaryl/α,β-unsaturated/α-hetero) is 1. The summed E-state index contributed by atoms with van der Waals surface area (Å²) in [6, 6.07) is 9.92. The zero-order chi connectivity index (χ0) is 21.6. The Labute approximate surface area is 177 Å². The van der Waals surface area contributed by atoms with Crippen LogP contribution >= 0.6 is 11.3 Å². The van der Waals surface area contributed by atoms with E-state index in [1.54, 1.807) is 13.0 Å². The standard InChI is InChI=1S/C22H21N3O4S/c1-12-23-24-21(30-12)25-17(13-7-9-14(10-8-13)22(2,3)4)16(19(27)20(25)28)18(26)15-6-5-11-29-15/h5-11,17,27H,1-4H3/t17-/m1/s1. The van der Waals surface area contributed by atoms with Crippen molar-refractivity contribution in [2.24, 2.45) is 0 Å². The number of rotatable bonds is 4. The Hall–Kier alpha value is -3.26. The molecule has 2 aromatic heterocycles. The highest BCUT2D eigenvalue weighted by Crippen LogP contribution is 2.43. The van der Waals surface area contributed by atoms with E-state index >= 15 is 0 Å². The fraction of sp³-hybridized carbons (Fsp3) is 0.273. The number of carbonyl (C=O) groups is 2. The van der Waals surface area contributed by atoms with Gasteiger partial charge in [0.25, 0.3) is 5.91 Å². The van der Waals surface area contributed by atoms with Crippen LogP contribution in [0.25, 0.3) is 0 Å². The van der Waals surface area contributed by atoms with Crippen molar-refractivity contribution in [3.63, 3.8) is 0 Å². The number of aryl methyl sites for hydroxylation is 1. The van der Waals surface area contributed by atoms with E-state index < -0.39 is 23.5 Å². The van der Waals surface area contributed by atoms with Crippen molar-refractivity contribution >= 4 is 28.2 Å². The van der Waals surface area contributed by atoms with Gasteiger partial charge in [-0.2, -0.15) is 0 Å². The van der Waals surface area contributed by atoms with Crippen LogP contribution in [0, 0.1) is 6.92 Å². The van der Waals surface area contributed by atoms with Crippen LogP contribution in [0.5, 0.6) is 0 Å². The van der Waals surface area contributed by atoms with Gasteiger partial charge in [-0.05, 0) is 35.6 Å². The maximum Gasteiger partial charge on any atom is 0.296 e. The molecule has 3 heterocycles. The molecule has 1 aliphatic rings. The third-order valence-electron chi connectivity index (χ3n) is 5.01.